The van der Waals surface area contributed by atoms with E-state index in [0.29, 0.717) is 11.8 Å². The van der Waals surface area contributed by atoms with E-state index in [9.17, 15) is 19.8 Å². The van der Waals surface area contributed by atoms with Crippen molar-refractivity contribution in [1.29, 1.82) is 0 Å². The lowest BCUT2D eigenvalue weighted by Crippen LogP contribution is -2.38. The molecule has 0 bridgehead atoms. The molecule has 0 aliphatic heterocycles. The maximum absolute atomic E-state index is 11.4. The van der Waals surface area contributed by atoms with E-state index in [4.69, 9.17) is 4.74 Å². The summed E-state index contributed by atoms with van der Waals surface area (Å²) in [6.45, 7) is 4.96. The zero-order valence-electron chi connectivity index (χ0n) is 12.2. The first kappa shape index (κ1) is 17.1. The molecule has 1 rings (SSSR count). The van der Waals surface area contributed by atoms with Gasteiger partial charge in [-0.15, -0.1) is 0 Å². The van der Waals surface area contributed by atoms with Crippen molar-refractivity contribution in [1.82, 2.24) is 10.3 Å². The van der Waals surface area contributed by atoms with Crippen LogP contribution >= 0.6 is 0 Å². The summed E-state index contributed by atoms with van der Waals surface area (Å²) in [4.78, 5) is 25.9. The van der Waals surface area contributed by atoms with Crippen LogP contribution in [0.3, 0.4) is 0 Å². The van der Waals surface area contributed by atoms with Gasteiger partial charge in [-0.2, -0.15) is 0 Å². The summed E-state index contributed by atoms with van der Waals surface area (Å²) >= 11 is 0. The second-order valence-electron chi connectivity index (χ2n) is 5.56. The fourth-order valence-corrected chi connectivity index (χ4v) is 1.54. The van der Waals surface area contributed by atoms with Crippen molar-refractivity contribution in [2.45, 2.75) is 38.6 Å². The van der Waals surface area contributed by atoms with Crippen molar-refractivity contribution < 1.29 is 24.5 Å². The van der Waals surface area contributed by atoms with Crippen molar-refractivity contribution in [2.24, 2.45) is 0 Å². The first-order valence-electron chi connectivity index (χ1n) is 6.46. The lowest BCUT2D eigenvalue weighted by Gasteiger charge is -2.22. The molecule has 1 aromatic heterocycles. The van der Waals surface area contributed by atoms with Gasteiger partial charge in [-0.3, -0.25) is 9.78 Å². The topological polar surface area (TPSA) is 109 Å². The number of ether oxygens (including phenoxy) is 1. The van der Waals surface area contributed by atoms with Crippen molar-refractivity contribution in [3.8, 4) is 0 Å². The van der Waals surface area contributed by atoms with Crippen molar-refractivity contribution >= 4 is 12.4 Å². The van der Waals surface area contributed by atoms with E-state index in [2.05, 4.69) is 10.3 Å². The number of aliphatic hydroxyl groups is 2. The third kappa shape index (κ3) is 5.88. The molecule has 1 heterocycles. The van der Waals surface area contributed by atoms with Crippen LogP contribution in [0.5, 0.6) is 0 Å². The van der Waals surface area contributed by atoms with Gasteiger partial charge in [0, 0.05) is 30.1 Å². The summed E-state index contributed by atoms with van der Waals surface area (Å²) in [6, 6.07) is 1.42. The number of pyridine rings is 1. The van der Waals surface area contributed by atoms with Gasteiger partial charge in [-0.1, -0.05) is 0 Å². The highest BCUT2D eigenvalue weighted by molar-refractivity contribution is 5.74. The molecule has 0 radical (unpaired) electrons. The Kier molecular flexibility index (Phi) is 5.80. The number of carbonyl (C=O) groups is 2. The van der Waals surface area contributed by atoms with Crippen LogP contribution < -0.4 is 5.32 Å². The van der Waals surface area contributed by atoms with E-state index in [0.717, 1.165) is 0 Å². The van der Waals surface area contributed by atoms with Gasteiger partial charge < -0.3 is 20.3 Å². The zero-order chi connectivity index (χ0) is 16.0. The highest BCUT2D eigenvalue weighted by Crippen LogP contribution is 2.16. The highest BCUT2D eigenvalue weighted by atomic mass is 16.6. The van der Waals surface area contributed by atoms with Crippen molar-refractivity contribution in [2.75, 3.05) is 6.54 Å². The molecular weight excluding hydrogens is 276 g/mol. The Morgan fingerprint density at radius 2 is 2.10 bits per heavy atom. The minimum atomic E-state index is -1.27. The van der Waals surface area contributed by atoms with E-state index in [1.54, 1.807) is 20.8 Å². The van der Waals surface area contributed by atoms with E-state index in [1.807, 2.05) is 0 Å². The van der Waals surface area contributed by atoms with Gasteiger partial charge in [0.25, 0.3) is 0 Å². The number of hydrogen-bond acceptors (Lipinski definition) is 6. The minimum absolute atomic E-state index is 0.193. The number of nitrogens with one attached hydrogen (secondary N) is 1. The SMILES string of the molecule is CC(C)(C)OC(=O)NCC(O)C(O)c1cncc(C=O)c1. The molecule has 3 N–H and O–H groups in total. The zero-order valence-corrected chi connectivity index (χ0v) is 12.2. The smallest absolute Gasteiger partial charge is 0.407 e. The van der Waals surface area contributed by atoms with E-state index < -0.39 is 23.9 Å². The summed E-state index contributed by atoms with van der Waals surface area (Å²) in [7, 11) is 0. The molecular formula is C14H20N2O5. The van der Waals surface area contributed by atoms with Crippen LogP contribution in [-0.2, 0) is 4.74 Å². The lowest BCUT2D eigenvalue weighted by atomic mass is 10.1. The fraction of sp³-hybridized carbons (Fsp3) is 0.500. The molecule has 0 spiro atoms. The first-order valence-corrected chi connectivity index (χ1v) is 6.46. The van der Waals surface area contributed by atoms with E-state index >= 15 is 0 Å². The normalized spacial score (nSPS) is 14.1. The van der Waals surface area contributed by atoms with Crippen LogP contribution in [-0.4, -0.2) is 45.8 Å². The maximum atomic E-state index is 11.4. The Balaban J connectivity index is 2.56. The number of hydrogen-bond donors (Lipinski definition) is 3. The Morgan fingerprint density at radius 1 is 1.43 bits per heavy atom. The number of aliphatic hydroxyl groups excluding tert-OH is 2. The van der Waals surface area contributed by atoms with Crippen molar-refractivity contribution in [3.05, 3.63) is 29.6 Å². The minimum Gasteiger partial charge on any atom is -0.444 e. The molecule has 21 heavy (non-hydrogen) atoms. The summed E-state index contributed by atoms with van der Waals surface area (Å²) in [5.74, 6) is 0. The average Bonchev–Trinajstić information content (AvgIpc) is 2.42. The van der Waals surface area contributed by atoms with Gasteiger partial charge in [0.2, 0.25) is 0 Å². The molecule has 116 valence electrons. The standard InChI is InChI=1S/C14H20N2O5/c1-14(2,3)21-13(20)16-7-11(18)12(19)10-4-9(8-17)5-15-6-10/h4-6,8,11-12,18-19H,7H2,1-3H3,(H,16,20). The monoisotopic (exact) mass is 296 g/mol. The maximum Gasteiger partial charge on any atom is 0.407 e. The second-order valence-corrected chi connectivity index (χ2v) is 5.56. The molecule has 2 unspecified atom stereocenters. The van der Waals surface area contributed by atoms with Gasteiger partial charge in [-0.25, -0.2) is 4.79 Å². The molecule has 1 amide bonds. The number of alkyl carbamates (subject to hydrolysis) is 1. The molecule has 7 nitrogen and oxygen atoms in total. The van der Waals surface area contributed by atoms with Crippen LogP contribution in [0.15, 0.2) is 18.5 Å². The Labute approximate surface area is 123 Å². The van der Waals surface area contributed by atoms with Gasteiger partial charge >= 0.3 is 6.09 Å². The molecule has 0 aliphatic carbocycles. The fourth-order valence-electron chi connectivity index (χ4n) is 1.54. The van der Waals surface area contributed by atoms with Crippen LogP contribution in [0.1, 0.15) is 42.8 Å². The number of rotatable bonds is 5. The third-order valence-electron chi connectivity index (χ3n) is 2.48. The predicted octanol–water partition coefficient (Wildman–Crippen LogP) is 0.813. The van der Waals surface area contributed by atoms with Crippen molar-refractivity contribution in [3.63, 3.8) is 0 Å². The Hall–Kier alpha value is -1.99. The largest absolute Gasteiger partial charge is 0.444 e. The molecule has 0 saturated heterocycles. The third-order valence-corrected chi connectivity index (χ3v) is 2.48. The summed E-state index contributed by atoms with van der Waals surface area (Å²) < 4.78 is 5.01. The van der Waals surface area contributed by atoms with Crippen LogP contribution in [0.25, 0.3) is 0 Å². The quantitative estimate of drug-likeness (QED) is 0.694. The predicted molar refractivity (Wildman–Crippen MR) is 74.8 cm³/mol. The Bertz CT molecular complexity index is 498. The molecule has 7 heteroatoms. The molecule has 1 aromatic rings. The molecule has 0 aromatic carbocycles. The number of amides is 1. The summed E-state index contributed by atoms with van der Waals surface area (Å²) in [5.41, 5.74) is -0.0625. The van der Waals surface area contributed by atoms with Crippen LogP contribution in [0, 0.1) is 0 Å². The molecule has 0 saturated carbocycles. The Morgan fingerprint density at radius 3 is 2.67 bits per heavy atom. The van der Waals surface area contributed by atoms with Gasteiger partial charge in [-0.05, 0) is 26.8 Å². The lowest BCUT2D eigenvalue weighted by molar-refractivity contribution is 0.0128. The average molecular weight is 296 g/mol. The highest BCUT2D eigenvalue weighted by Gasteiger charge is 2.21. The second kappa shape index (κ2) is 7.14. The molecule has 0 fully saturated rings. The van der Waals surface area contributed by atoms with Gasteiger partial charge in [0.05, 0.1) is 0 Å². The summed E-state index contributed by atoms with van der Waals surface area (Å²) in [5, 5.41) is 22.2. The van der Waals surface area contributed by atoms with E-state index in [1.165, 1.54) is 18.5 Å². The number of aromatic nitrogens is 1. The molecule has 0 aliphatic rings. The first-order chi connectivity index (χ1) is 9.73. The molecule has 2 atom stereocenters. The van der Waals surface area contributed by atoms with Gasteiger partial charge in [0.1, 0.15) is 17.8 Å². The number of nitrogens with zero attached hydrogens (tertiary/aromatic N) is 1. The summed E-state index contributed by atoms with van der Waals surface area (Å²) in [6.07, 6.45) is 0.0688. The van der Waals surface area contributed by atoms with E-state index in [-0.39, 0.29) is 12.1 Å². The van der Waals surface area contributed by atoms with Crippen LogP contribution in [0.2, 0.25) is 0 Å². The van der Waals surface area contributed by atoms with Crippen LogP contribution in [0.4, 0.5) is 4.79 Å². The number of aldehydes is 1. The number of carbonyl (C=O) groups excluding carboxylic acids is 2. The van der Waals surface area contributed by atoms with Gasteiger partial charge in [0.15, 0.2) is 6.29 Å².